The van der Waals surface area contributed by atoms with Crippen LogP contribution in [0.2, 0.25) is 0 Å². The molecule has 0 spiro atoms. The molecule has 3 rings (SSSR count). The van der Waals surface area contributed by atoms with Crippen molar-refractivity contribution in [1.29, 1.82) is 0 Å². The number of aryl methyl sites for hydroxylation is 3. The largest absolute Gasteiger partial charge is 0.352 e. The maximum Gasteiger partial charge on any atom is 0.264 e. The van der Waals surface area contributed by atoms with Crippen molar-refractivity contribution in [3.05, 3.63) is 94.8 Å². The van der Waals surface area contributed by atoms with Gasteiger partial charge in [0.25, 0.3) is 10.0 Å². The Kier molecular flexibility index (Phi) is 10.1. The molecule has 0 aromatic heterocycles. The van der Waals surface area contributed by atoms with E-state index in [1.54, 1.807) is 49.4 Å². The van der Waals surface area contributed by atoms with Crippen LogP contribution in [0.1, 0.15) is 49.4 Å². The van der Waals surface area contributed by atoms with Gasteiger partial charge in [-0.2, -0.15) is 0 Å². The summed E-state index contributed by atoms with van der Waals surface area (Å²) in [5.41, 5.74) is 3.10. The summed E-state index contributed by atoms with van der Waals surface area (Å²) < 4.78 is 43.6. The first-order valence-corrected chi connectivity index (χ1v) is 14.8. The van der Waals surface area contributed by atoms with Crippen LogP contribution in [0.4, 0.5) is 10.1 Å². The number of amides is 2. The first kappa shape index (κ1) is 30.8. The predicted octanol–water partition coefficient (Wildman–Crippen LogP) is 5.28. The lowest BCUT2D eigenvalue weighted by Crippen LogP contribution is -2.52. The summed E-state index contributed by atoms with van der Waals surface area (Å²) in [4.78, 5) is 28.3. The molecule has 0 aliphatic carbocycles. The Morgan fingerprint density at radius 2 is 1.50 bits per heavy atom. The summed E-state index contributed by atoms with van der Waals surface area (Å²) in [5, 5.41) is 2.87. The van der Waals surface area contributed by atoms with Crippen LogP contribution in [0.3, 0.4) is 0 Å². The highest BCUT2D eigenvalue weighted by Gasteiger charge is 2.33. The van der Waals surface area contributed by atoms with Crippen molar-refractivity contribution in [3.8, 4) is 0 Å². The van der Waals surface area contributed by atoms with Crippen molar-refractivity contribution in [1.82, 2.24) is 10.2 Å². The lowest BCUT2D eigenvalue weighted by atomic mass is 10.1. The predicted molar refractivity (Wildman–Crippen MR) is 156 cm³/mol. The van der Waals surface area contributed by atoms with E-state index < -0.39 is 40.2 Å². The third-order valence-electron chi connectivity index (χ3n) is 6.85. The Labute approximate surface area is 237 Å². The van der Waals surface area contributed by atoms with Crippen molar-refractivity contribution in [2.75, 3.05) is 10.8 Å². The van der Waals surface area contributed by atoms with E-state index in [2.05, 4.69) is 5.32 Å². The Hall–Kier alpha value is -3.72. The molecule has 9 heteroatoms. The van der Waals surface area contributed by atoms with Crippen LogP contribution in [-0.4, -0.2) is 43.8 Å². The van der Waals surface area contributed by atoms with Crippen molar-refractivity contribution >= 4 is 27.5 Å². The van der Waals surface area contributed by atoms with Gasteiger partial charge in [-0.15, -0.1) is 0 Å². The van der Waals surface area contributed by atoms with Crippen LogP contribution in [-0.2, 0) is 26.2 Å². The Bertz CT molecular complexity index is 1440. The molecule has 0 aliphatic rings. The summed E-state index contributed by atoms with van der Waals surface area (Å²) in [7, 11) is -4.17. The molecular formula is C31H38FN3O4S. The minimum Gasteiger partial charge on any atom is -0.352 e. The molecule has 2 atom stereocenters. The van der Waals surface area contributed by atoms with E-state index in [0.717, 1.165) is 21.0 Å². The lowest BCUT2D eigenvalue weighted by Gasteiger charge is -2.32. The minimum atomic E-state index is -4.17. The van der Waals surface area contributed by atoms with E-state index in [0.29, 0.717) is 12.1 Å². The van der Waals surface area contributed by atoms with Crippen LogP contribution >= 0.6 is 0 Å². The quantitative estimate of drug-likeness (QED) is 0.342. The second kappa shape index (κ2) is 13.1. The van der Waals surface area contributed by atoms with E-state index in [9.17, 15) is 22.4 Å². The second-order valence-electron chi connectivity index (χ2n) is 10.3. The molecule has 0 saturated carbocycles. The van der Waals surface area contributed by atoms with E-state index in [4.69, 9.17) is 0 Å². The smallest absolute Gasteiger partial charge is 0.264 e. The standard InChI is InChI=1S/C31H38FN3O4S/c1-7-24(5)33-31(37)25(6)34(19-26-10-8-9-11-29(26)32)30(36)20-35(27-17-22(3)16-23(4)18-27)40(38,39)28-14-12-21(2)13-15-28/h8-18,24-25H,7,19-20H2,1-6H3,(H,33,37). The molecule has 0 saturated heterocycles. The first-order chi connectivity index (χ1) is 18.8. The van der Waals surface area contributed by atoms with Crippen molar-refractivity contribution < 1.29 is 22.4 Å². The number of nitrogens with one attached hydrogen (secondary N) is 1. The molecule has 2 amide bonds. The second-order valence-corrected chi connectivity index (χ2v) is 12.1. The molecular weight excluding hydrogens is 529 g/mol. The van der Waals surface area contributed by atoms with Gasteiger partial charge in [0.15, 0.2) is 0 Å². The SMILES string of the molecule is CCC(C)NC(=O)C(C)N(Cc1ccccc1F)C(=O)CN(c1cc(C)cc(C)c1)S(=O)(=O)c1ccc(C)cc1. The summed E-state index contributed by atoms with van der Waals surface area (Å²) in [6.45, 7) is 10.1. The summed E-state index contributed by atoms with van der Waals surface area (Å²) in [6, 6.07) is 16.6. The summed E-state index contributed by atoms with van der Waals surface area (Å²) >= 11 is 0. The number of hydrogen-bond donors (Lipinski definition) is 1. The fourth-order valence-electron chi connectivity index (χ4n) is 4.32. The highest BCUT2D eigenvalue weighted by atomic mass is 32.2. The zero-order valence-electron chi connectivity index (χ0n) is 23.9. The summed E-state index contributed by atoms with van der Waals surface area (Å²) in [5.74, 6) is -1.56. The normalized spacial score (nSPS) is 12.9. The van der Waals surface area contributed by atoms with Gasteiger partial charge in [0, 0.05) is 18.2 Å². The monoisotopic (exact) mass is 567 g/mol. The molecule has 3 aromatic rings. The average molecular weight is 568 g/mol. The van der Waals surface area contributed by atoms with Crippen LogP contribution in [0.5, 0.6) is 0 Å². The molecule has 2 unspecified atom stereocenters. The maximum atomic E-state index is 14.7. The van der Waals surface area contributed by atoms with Crippen LogP contribution in [0, 0.1) is 26.6 Å². The molecule has 7 nitrogen and oxygen atoms in total. The van der Waals surface area contributed by atoms with Crippen LogP contribution < -0.4 is 9.62 Å². The topological polar surface area (TPSA) is 86.8 Å². The first-order valence-electron chi connectivity index (χ1n) is 13.3. The summed E-state index contributed by atoms with van der Waals surface area (Å²) in [6.07, 6.45) is 0.689. The fraction of sp³-hybridized carbons (Fsp3) is 0.355. The minimum absolute atomic E-state index is 0.0354. The number of benzene rings is 3. The maximum absolute atomic E-state index is 14.7. The zero-order chi connectivity index (χ0) is 29.6. The molecule has 0 fully saturated rings. The fourth-order valence-corrected chi connectivity index (χ4v) is 5.72. The highest BCUT2D eigenvalue weighted by molar-refractivity contribution is 7.92. The number of carbonyl (C=O) groups excluding carboxylic acids is 2. The lowest BCUT2D eigenvalue weighted by molar-refractivity contribution is -0.139. The van der Waals surface area contributed by atoms with Gasteiger partial charge in [-0.3, -0.25) is 13.9 Å². The number of hydrogen-bond acceptors (Lipinski definition) is 4. The number of rotatable bonds is 11. The molecule has 3 aromatic carbocycles. The number of carbonyl (C=O) groups is 2. The Morgan fingerprint density at radius 3 is 2.08 bits per heavy atom. The molecule has 1 N–H and O–H groups in total. The molecule has 0 radical (unpaired) electrons. The average Bonchev–Trinajstić information content (AvgIpc) is 2.90. The Balaban J connectivity index is 2.07. The van der Waals surface area contributed by atoms with Gasteiger partial charge in [-0.05, 0) is 82.5 Å². The van der Waals surface area contributed by atoms with Gasteiger partial charge in [-0.25, -0.2) is 12.8 Å². The van der Waals surface area contributed by atoms with E-state index in [1.807, 2.05) is 40.7 Å². The number of nitrogens with zero attached hydrogens (tertiary/aromatic N) is 2. The van der Waals surface area contributed by atoms with Gasteiger partial charge >= 0.3 is 0 Å². The van der Waals surface area contributed by atoms with Gasteiger partial charge in [0.1, 0.15) is 18.4 Å². The molecule has 0 heterocycles. The van der Waals surface area contributed by atoms with E-state index in [1.165, 1.54) is 23.1 Å². The molecule has 0 aliphatic heterocycles. The van der Waals surface area contributed by atoms with Crippen LogP contribution in [0.15, 0.2) is 71.6 Å². The van der Waals surface area contributed by atoms with Crippen molar-refractivity contribution in [2.45, 2.75) is 71.5 Å². The highest BCUT2D eigenvalue weighted by Crippen LogP contribution is 2.27. The van der Waals surface area contributed by atoms with Crippen LogP contribution in [0.25, 0.3) is 0 Å². The Morgan fingerprint density at radius 1 is 0.900 bits per heavy atom. The number of halogens is 1. The van der Waals surface area contributed by atoms with Crippen molar-refractivity contribution in [3.63, 3.8) is 0 Å². The molecule has 214 valence electrons. The van der Waals surface area contributed by atoms with Gasteiger partial charge in [0.2, 0.25) is 11.8 Å². The zero-order valence-corrected chi connectivity index (χ0v) is 24.8. The van der Waals surface area contributed by atoms with Gasteiger partial charge < -0.3 is 10.2 Å². The van der Waals surface area contributed by atoms with Gasteiger partial charge in [0.05, 0.1) is 10.6 Å². The van der Waals surface area contributed by atoms with E-state index >= 15 is 0 Å². The number of sulfonamides is 1. The molecule has 40 heavy (non-hydrogen) atoms. The number of anilines is 1. The van der Waals surface area contributed by atoms with Gasteiger partial charge in [-0.1, -0.05) is 48.9 Å². The third kappa shape index (κ3) is 7.47. The third-order valence-corrected chi connectivity index (χ3v) is 8.64. The molecule has 0 bridgehead atoms. The van der Waals surface area contributed by atoms with E-state index in [-0.39, 0.29) is 23.0 Å². The van der Waals surface area contributed by atoms with Crippen molar-refractivity contribution in [2.24, 2.45) is 0 Å².